The van der Waals surface area contributed by atoms with Crippen molar-refractivity contribution in [2.75, 3.05) is 11.5 Å². The molecule has 1 aliphatic heterocycles. The predicted octanol–water partition coefficient (Wildman–Crippen LogP) is 0.897. The Balaban J connectivity index is 2.39. The Bertz CT molecular complexity index is 401. The van der Waals surface area contributed by atoms with Crippen LogP contribution in [0, 0.1) is 0 Å². The first kappa shape index (κ1) is 10.5. The first-order valence-corrected chi connectivity index (χ1v) is 5.74. The number of fused-ring (bicyclic) bond motifs is 1. The van der Waals surface area contributed by atoms with Gasteiger partial charge in [0.05, 0.1) is 22.8 Å². The third kappa shape index (κ3) is 1.35. The molecule has 15 heavy (non-hydrogen) atoms. The standard InChI is InChI=1S/C9H8INO4/c1-14-7(12)5-2-3-6-9(5,4-10)15-8(13)11-6/h2-3H,4H2,1H3,(H,11,13). The lowest BCUT2D eigenvalue weighted by molar-refractivity contribution is -0.137. The van der Waals surface area contributed by atoms with E-state index in [1.54, 1.807) is 12.2 Å². The molecule has 0 aromatic heterocycles. The highest BCUT2D eigenvalue weighted by atomic mass is 127. The SMILES string of the molecule is COC(=O)C1=CC=C2NC(=O)OC21CI. The molecule has 1 fully saturated rings. The lowest BCUT2D eigenvalue weighted by Crippen LogP contribution is -2.37. The quantitative estimate of drug-likeness (QED) is 0.466. The second-order valence-corrected chi connectivity index (χ2v) is 3.89. The van der Waals surface area contributed by atoms with E-state index >= 15 is 0 Å². The number of carbonyl (C=O) groups excluding carboxylic acids is 2. The van der Waals surface area contributed by atoms with Crippen molar-refractivity contribution in [1.29, 1.82) is 0 Å². The third-order valence-corrected chi connectivity index (χ3v) is 3.46. The summed E-state index contributed by atoms with van der Waals surface area (Å²) in [5, 5.41) is 2.55. The second kappa shape index (κ2) is 3.51. The monoisotopic (exact) mass is 321 g/mol. The fraction of sp³-hybridized carbons (Fsp3) is 0.333. The number of amides is 1. The van der Waals surface area contributed by atoms with Crippen molar-refractivity contribution in [2.45, 2.75) is 5.60 Å². The van der Waals surface area contributed by atoms with E-state index in [-0.39, 0.29) is 0 Å². The zero-order valence-corrected chi connectivity index (χ0v) is 10.0. The van der Waals surface area contributed by atoms with Crippen LogP contribution in [0.2, 0.25) is 0 Å². The Kier molecular flexibility index (Phi) is 2.45. The van der Waals surface area contributed by atoms with Crippen LogP contribution < -0.4 is 5.32 Å². The van der Waals surface area contributed by atoms with E-state index in [1.165, 1.54) is 7.11 Å². The van der Waals surface area contributed by atoms with E-state index < -0.39 is 17.7 Å². The minimum absolute atomic E-state index is 0.354. The summed E-state index contributed by atoms with van der Waals surface area (Å²) in [6.45, 7) is 0. The van der Waals surface area contributed by atoms with Gasteiger partial charge in [-0.05, 0) is 12.2 Å². The number of ether oxygens (including phenoxy) is 2. The molecule has 1 atom stereocenters. The van der Waals surface area contributed by atoms with Crippen molar-refractivity contribution < 1.29 is 19.1 Å². The number of methoxy groups -OCH3 is 1. The molecule has 0 saturated carbocycles. The Labute approximate surface area is 99.6 Å². The van der Waals surface area contributed by atoms with Crippen molar-refractivity contribution in [2.24, 2.45) is 0 Å². The number of halogens is 1. The molecular weight excluding hydrogens is 313 g/mol. The molecule has 80 valence electrons. The summed E-state index contributed by atoms with van der Waals surface area (Å²) in [4.78, 5) is 22.6. The number of carbonyl (C=O) groups is 2. The van der Waals surface area contributed by atoms with Gasteiger partial charge in [0.1, 0.15) is 0 Å². The molecular formula is C9H8INO4. The van der Waals surface area contributed by atoms with Gasteiger partial charge in [-0.2, -0.15) is 0 Å². The average molecular weight is 321 g/mol. The molecule has 0 spiro atoms. The Morgan fingerprint density at radius 1 is 1.67 bits per heavy atom. The van der Waals surface area contributed by atoms with Crippen LogP contribution in [-0.4, -0.2) is 29.2 Å². The molecule has 2 aliphatic rings. The Morgan fingerprint density at radius 3 is 3.00 bits per heavy atom. The largest absolute Gasteiger partial charge is 0.466 e. The van der Waals surface area contributed by atoms with Gasteiger partial charge in [-0.15, -0.1) is 0 Å². The van der Waals surface area contributed by atoms with Gasteiger partial charge >= 0.3 is 12.1 Å². The van der Waals surface area contributed by atoms with Crippen LogP contribution in [0.15, 0.2) is 23.4 Å². The molecule has 1 aliphatic carbocycles. The van der Waals surface area contributed by atoms with Crippen molar-refractivity contribution >= 4 is 34.7 Å². The molecule has 0 aromatic carbocycles. The van der Waals surface area contributed by atoms with Crippen LogP contribution in [0.3, 0.4) is 0 Å². The van der Waals surface area contributed by atoms with Crippen molar-refractivity contribution in [1.82, 2.24) is 5.32 Å². The molecule has 2 rings (SSSR count). The predicted molar refractivity (Wildman–Crippen MR) is 59.4 cm³/mol. The summed E-state index contributed by atoms with van der Waals surface area (Å²) in [5.74, 6) is -0.477. The van der Waals surface area contributed by atoms with Gasteiger partial charge in [0.15, 0.2) is 5.60 Å². The van der Waals surface area contributed by atoms with E-state index in [1.807, 2.05) is 0 Å². The summed E-state index contributed by atoms with van der Waals surface area (Å²) < 4.78 is 10.3. The maximum Gasteiger partial charge on any atom is 0.412 e. The van der Waals surface area contributed by atoms with Crippen LogP contribution in [0.5, 0.6) is 0 Å². The number of nitrogens with one attached hydrogen (secondary N) is 1. The lowest BCUT2D eigenvalue weighted by Gasteiger charge is -2.23. The minimum Gasteiger partial charge on any atom is -0.466 e. The summed E-state index contributed by atoms with van der Waals surface area (Å²) in [5.41, 5.74) is -0.0138. The maximum atomic E-state index is 11.5. The number of rotatable bonds is 2. The fourth-order valence-corrected chi connectivity index (χ4v) is 2.62. The van der Waals surface area contributed by atoms with Crippen molar-refractivity contribution in [3.05, 3.63) is 23.4 Å². The summed E-state index contributed by atoms with van der Waals surface area (Å²) in [7, 11) is 1.30. The first-order valence-electron chi connectivity index (χ1n) is 4.21. The molecule has 1 amide bonds. The minimum atomic E-state index is -0.968. The number of hydrogen-bond donors (Lipinski definition) is 1. The van der Waals surface area contributed by atoms with Crippen LogP contribution >= 0.6 is 22.6 Å². The first-order chi connectivity index (χ1) is 7.14. The van der Waals surface area contributed by atoms with Gasteiger partial charge in [-0.1, -0.05) is 22.6 Å². The van der Waals surface area contributed by atoms with E-state index in [4.69, 9.17) is 4.74 Å². The maximum absolute atomic E-state index is 11.5. The average Bonchev–Trinajstić information content (AvgIpc) is 2.71. The van der Waals surface area contributed by atoms with Gasteiger partial charge in [0.2, 0.25) is 0 Å². The fourth-order valence-electron chi connectivity index (χ4n) is 1.64. The van der Waals surface area contributed by atoms with Gasteiger partial charge in [0.25, 0.3) is 0 Å². The lowest BCUT2D eigenvalue weighted by atomic mass is 9.97. The Hall–Kier alpha value is -1.05. The van der Waals surface area contributed by atoms with Gasteiger partial charge < -0.3 is 9.47 Å². The van der Waals surface area contributed by atoms with E-state index in [0.29, 0.717) is 15.7 Å². The smallest absolute Gasteiger partial charge is 0.412 e. The third-order valence-electron chi connectivity index (χ3n) is 2.38. The highest BCUT2D eigenvalue weighted by molar-refractivity contribution is 14.1. The van der Waals surface area contributed by atoms with Crippen LogP contribution in [0.1, 0.15) is 0 Å². The van der Waals surface area contributed by atoms with Crippen LogP contribution in [-0.2, 0) is 14.3 Å². The highest BCUT2D eigenvalue weighted by Gasteiger charge is 2.52. The van der Waals surface area contributed by atoms with Crippen LogP contribution in [0.4, 0.5) is 4.79 Å². The highest BCUT2D eigenvalue weighted by Crippen LogP contribution is 2.39. The van der Waals surface area contributed by atoms with Crippen LogP contribution in [0.25, 0.3) is 0 Å². The summed E-state index contributed by atoms with van der Waals surface area (Å²) >= 11 is 2.07. The number of hydrogen-bond acceptors (Lipinski definition) is 4. The number of alkyl carbamates (subject to hydrolysis) is 1. The molecule has 0 bridgehead atoms. The number of alkyl halides is 1. The molecule has 1 N–H and O–H groups in total. The van der Waals surface area contributed by atoms with E-state index in [9.17, 15) is 9.59 Å². The van der Waals surface area contributed by atoms with Gasteiger partial charge in [-0.25, -0.2) is 9.59 Å². The number of esters is 1. The van der Waals surface area contributed by atoms with E-state index in [2.05, 4.69) is 32.6 Å². The molecule has 0 radical (unpaired) electrons. The Morgan fingerprint density at radius 2 is 2.40 bits per heavy atom. The summed E-state index contributed by atoms with van der Waals surface area (Å²) in [6, 6.07) is 0. The second-order valence-electron chi connectivity index (χ2n) is 3.13. The van der Waals surface area contributed by atoms with E-state index in [0.717, 1.165) is 0 Å². The normalized spacial score (nSPS) is 27.5. The zero-order valence-electron chi connectivity index (χ0n) is 7.87. The summed E-state index contributed by atoms with van der Waals surface area (Å²) in [6.07, 6.45) is 2.74. The molecule has 5 nitrogen and oxygen atoms in total. The molecule has 1 heterocycles. The van der Waals surface area contributed by atoms with Crippen molar-refractivity contribution in [3.8, 4) is 0 Å². The number of allylic oxidation sites excluding steroid dienone is 2. The van der Waals surface area contributed by atoms with Gasteiger partial charge in [0, 0.05) is 0 Å². The molecule has 0 aromatic rings. The zero-order chi connectivity index (χ0) is 11.1. The van der Waals surface area contributed by atoms with Crippen molar-refractivity contribution in [3.63, 3.8) is 0 Å². The molecule has 1 saturated heterocycles. The van der Waals surface area contributed by atoms with Gasteiger partial charge in [-0.3, -0.25) is 5.32 Å². The molecule has 6 heteroatoms. The topological polar surface area (TPSA) is 64.6 Å². The molecule has 1 unspecified atom stereocenters.